The molecule has 0 amide bonds. The quantitative estimate of drug-likeness (QED) is 0.747. The highest BCUT2D eigenvalue weighted by Crippen LogP contribution is 2.11. The highest BCUT2D eigenvalue weighted by molar-refractivity contribution is 5.53. The lowest BCUT2D eigenvalue weighted by Gasteiger charge is -1.96. The fourth-order valence-corrected chi connectivity index (χ4v) is 0.921. The molecule has 2 nitrogen and oxygen atoms in total. The van der Waals surface area contributed by atoms with Gasteiger partial charge in [0.1, 0.15) is 5.82 Å². The van der Waals surface area contributed by atoms with Crippen LogP contribution in [-0.2, 0) is 0 Å². The molecule has 0 unspecified atom stereocenters. The van der Waals surface area contributed by atoms with Crippen molar-refractivity contribution in [3.05, 3.63) is 41.2 Å². The summed E-state index contributed by atoms with van der Waals surface area (Å²) in [6, 6.07) is 5.98. The van der Waals surface area contributed by atoms with Crippen LogP contribution in [0.3, 0.4) is 0 Å². The molecule has 0 aliphatic heterocycles. The molecule has 0 heterocycles. The van der Waals surface area contributed by atoms with E-state index in [4.69, 9.17) is 10.4 Å². The Kier molecular flexibility index (Phi) is 3.18. The first-order valence-corrected chi connectivity index (χ1v) is 3.75. The lowest BCUT2D eigenvalue weighted by atomic mass is 10.1. The number of aliphatic hydroxyl groups excluding tert-OH is 1. The molecule has 66 valence electrons. The molecule has 0 radical (unpaired) electrons. The van der Waals surface area contributed by atoms with E-state index in [0.29, 0.717) is 11.1 Å². The Morgan fingerprint density at radius 3 is 2.92 bits per heavy atom. The first-order valence-electron chi connectivity index (χ1n) is 3.75. The van der Waals surface area contributed by atoms with Gasteiger partial charge < -0.3 is 5.11 Å². The van der Waals surface area contributed by atoms with Gasteiger partial charge >= 0.3 is 0 Å². The third-order valence-electron chi connectivity index (χ3n) is 1.53. The number of aliphatic hydroxyl groups is 1. The van der Waals surface area contributed by atoms with Gasteiger partial charge in [0, 0.05) is 5.56 Å². The third kappa shape index (κ3) is 2.39. The highest BCUT2D eigenvalue weighted by Gasteiger charge is 1.98. The number of nitrogens with zero attached hydrogens (tertiary/aromatic N) is 1. The molecule has 1 aromatic rings. The minimum Gasteiger partial charge on any atom is -0.392 e. The number of rotatable bonds is 2. The SMILES string of the molecule is N#Cc1ccc(F)c(/C=C/CO)c1. The zero-order chi connectivity index (χ0) is 9.68. The Morgan fingerprint density at radius 1 is 1.54 bits per heavy atom. The fourth-order valence-electron chi connectivity index (χ4n) is 0.921. The largest absolute Gasteiger partial charge is 0.392 e. The minimum absolute atomic E-state index is 0.143. The van der Waals surface area contributed by atoms with Crippen molar-refractivity contribution in [2.45, 2.75) is 0 Å². The summed E-state index contributed by atoms with van der Waals surface area (Å²) < 4.78 is 13.0. The molecule has 0 aliphatic carbocycles. The van der Waals surface area contributed by atoms with E-state index in [0.717, 1.165) is 0 Å². The van der Waals surface area contributed by atoms with Crippen LogP contribution in [0.5, 0.6) is 0 Å². The lowest BCUT2D eigenvalue weighted by Crippen LogP contribution is -1.84. The zero-order valence-electron chi connectivity index (χ0n) is 6.87. The maximum absolute atomic E-state index is 13.0. The van der Waals surface area contributed by atoms with E-state index in [2.05, 4.69) is 0 Å². The smallest absolute Gasteiger partial charge is 0.130 e. The number of benzene rings is 1. The third-order valence-corrected chi connectivity index (χ3v) is 1.53. The van der Waals surface area contributed by atoms with Crippen molar-refractivity contribution in [1.29, 1.82) is 5.26 Å². The van der Waals surface area contributed by atoms with Crippen molar-refractivity contribution >= 4 is 6.08 Å². The van der Waals surface area contributed by atoms with Crippen LogP contribution < -0.4 is 0 Å². The molecule has 3 heteroatoms. The van der Waals surface area contributed by atoms with Gasteiger partial charge in [-0.25, -0.2) is 4.39 Å². The van der Waals surface area contributed by atoms with E-state index in [1.54, 1.807) is 0 Å². The van der Waals surface area contributed by atoms with E-state index in [1.807, 2.05) is 6.07 Å². The van der Waals surface area contributed by atoms with E-state index in [1.165, 1.54) is 30.4 Å². The molecular formula is C10H8FNO. The Bertz CT molecular complexity index is 366. The average Bonchev–Trinajstić information content (AvgIpc) is 2.17. The summed E-state index contributed by atoms with van der Waals surface area (Å²) in [6.07, 6.45) is 2.86. The molecule has 1 rings (SSSR count). The molecule has 0 fully saturated rings. The summed E-state index contributed by atoms with van der Waals surface area (Å²) in [5.41, 5.74) is 0.715. The molecule has 0 saturated carbocycles. The number of hydrogen-bond acceptors (Lipinski definition) is 2. The molecule has 0 aromatic heterocycles. The van der Waals surface area contributed by atoms with Crippen molar-refractivity contribution in [1.82, 2.24) is 0 Å². The first-order chi connectivity index (χ1) is 6.27. The van der Waals surface area contributed by atoms with Crippen LogP contribution in [0.25, 0.3) is 6.08 Å². The Morgan fingerprint density at radius 2 is 2.31 bits per heavy atom. The summed E-state index contributed by atoms with van der Waals surface area (Å²) >= 11 is 0. The summed E-state index contributed by atoms with van der Waals surface area (Å²) in [4.78, 5) is 0. The monoisotopic (exact) mass is 177 g/mol. The van der Waals surface area contributed by atoms with Crippen LogP contribution in [0.4, 0.5) is 4.39 Å². The van der Waals surface area contributed by atoms with Crippen LogP contribution in [0.1, 0.15) is 11.1 Å². The first kappa shape index (κ1) is 9.43. The fraction of sp³-hybridized carbons (Fsp3) is 0.100. The predicted octanol–water partition coefficient (Wildman–Crippen LogP) is 1.70. The molecule has 0 bridgehead atoms. The number of hydrogen-bond donors (Lipinski definition) is 1. The van der Waals surface area contributed by atoms with Crippen molar-refractivity contribution < 1.29 is 9.50 Å². The standard InChI is InChI=1S/C10H8FNO/c11-10-4-3-8(7-12)6-9(10)2-1-5-13/h1-4,6,13H,5H2/b2-1+. The molecule has 0 saturated heterocycles. The Balaban J connectivity index is 3.06. The van der Waals surface area contributed by atoms with Gasteiger partial charge in [0.15, 0.2) is 0 Å². The van der Waals surface area contributed by atoms with Crippen molar-refractivity contribution in [2.75, 3.05) is 6.61 Å². The summed E-state index contributed by atoms with van der Waals surface area (Å²) in [7, 11) is 0. The van der Waals surface area contributed by atoms with Gasteiger partial charge in [-0.1, -0.05) is 12.2 Å². The van der Waals surface area contributed by atoms with E-state index in [9.17, 15) is 4.39 Å². The van der Waals surface area contributed by atoms with Crippen molar-refractivity contribution in [3.8, 4) is 6.07 Å². The van der Waals surface area contributed by atoms with Gasteiger partial charge in [-0.15, -0.1) is 0 Å². The Labute approximate surface area is 75.6 Å². The molecule has 13 heavy (non-hydrogen) atoms. The second-order valence-corrected chi connectivity index (χ2v) is 2.43. The molecule has 1 aromatic carbocycles. The summed E-state index contributed by atoms with van der Waals surface area (Å²) in [5.74, 6) is -0.399. The van der Waals surface area contributed by atoms with E-state index < -0.39 is 5.82 Å². The minimum atomic E-state index is -0.399. The maximum Gasteiger partial charge on any atom is 0.130 e. The Hall–Kier alpha value is -1.66. The summed E-state index contributed by atoms with van der Waals surface area (Å²) in [5, 5.41) is 17.0. The zero-order valence-corrected chi connectivity index (χ0v) is 6.87. The van der Waals surface area contributed by atoms with Crippen molar-refractivity contribution in [3.63, 3.8) is 0 Å². The second-order valence-electron chi connectivity index (χ2n) is 2.43. The molecule has 0 spiro atoms. The van der Waals surface area contributed by atoms with Crippen LogP contribution in [0.2, 0.25) is 0 Å². The molecule has 0 aliphatic rings. The van der Waals surface area contributed by atoms with Gasteiger partial charge in [0.2, 0.25) is 0 Å². The van der Waals surface area contributed by atoms with E-state index >= 15 is 0 Å². The van der Waals surface area contributed by atoms with Gasteiger partial charge in [-0.2, -0.15) is 5.26 Å². The maximum atomic E-state index is 13.0. The second kappa shape index (κ2) is 4.39. The van der Waals surface area contributed by atoms with Gasteiger partial charge in [0.05, 0.1) is 18.2 Å². The topological polar surface area (TPSA) is 44.0 Å². The average molecular weight is 177 g/mol. The van der Waals surface area contributed by atoms with Gasteiger partial charge in [0.25, 0.3) is 0 Å². The van der Waals surface area contributed by atoms with Crippen LogP contribution in [0.15, 0.2) is 24.3 Å². The molecule has 1 N–H and O–H groups in total. The number of halogens is 1. The van der Waals surface area contributed by atoms with Gasteiger partial charge in [-0.05, 0) is 18.2 Å². The van der Waals surface area contributed by atoms with Crippen LogP contribution in [0, 0.1) is 17.1 Å². The lowest BCUT2D eigenvalue weighted by molar-refractivity contribution is 0.343. The molecule has 0 atom stereocenters. The van der Waals surface area contributed by atoms with E-state index in [-0.39, 0.29) is 6.61 Å². The molecular weight excluding hydrogens is 169 g/mol. The van der Waals surface area contributed by atoms with Crippen LogP contribution in [-0.4, -0.2) is 11.7 Å². The summed E-state index contributed by atoms with van der Waals surface area (Å²) in [6.45, 7) is -0.143. The van der Waals surface area contributed by atoms with Crippen molar-refractivity contribution in [2.24, 2.45) is 0 Å². The normalized spacial score (nSPS) is 10.2. The highest BCUT2D eigenvalue weighted by atomic mass is 19.1. The predicted molar refractivity (Wildman–Crippen MR) is 47.2 cm³/mol. The van der Waals surface area contributed by atoms with Gasteiger partial charge in [-0.3, -0.25) is 0 Å². The van der Waals surface area contributed by atoms with Crippen LogP contribution >= 0.6 is 0 Å². The number of nitriles is 1.